The number of amides is 3. The highest BCUT2D eigenvalue weighted by atomic mass is 32.1. The molecule has 0 radical (unpaired) electrons. The van der Waals surface area contributed by atoms with E-state index in [-0.39, 0.29) is 30.6 Å². The van der Waals surface area contributed by atoms with E-state index in [1.54, 1.807) is 11.3 Å². The molecule has 6 heteroatoms. The Morgan fingerprint density at radius 2 is 2.09 bits per heavy atom. The molecule has 3 N–H and O–H groups in total. The molecule has 1 fully saturated rings. The monoisotopic (exact) mass is 323 g/mol. The zero-order valence-electron chi connectivity index (χ0n) is 13.1. The smallest absolute Gasteiger partial charge is 0.315 e. The van der Waals surface area contributed by atoms with Gasteiger partial charge in [-0.1, -0.05) is 19.3 Å². The van der Waals surface area contributed by atoms with E-state index >= 15 is 0 Å². The summed E-state index contributed by atoms with van der Waals surface area (Å²) in [6.45, 7) is 1.99. The molecule has 0 unspecified atom stereocenters. The maximum atomic E-state index is 11.8. The molecule has 1 saturated carbocycles. The first-order chi connectivity index (χ1) is 10.6. The molecule has 1 heterocycles. The Hall–Kier alpha value is -1.56. The molecule has 22 heavy (non-hydrogen) atoms. The minimum atomic E-state index is -0.290. The van der Waals surface area contributed by atoms with Crippen molar-refractivity contribution in [2.75, 3.05) is 6.54 Å². The topological polar surface area (TPSA) is 70.2 Å². The van der Waals surface area contributed by atoms with Crippen LogP contribution in [0.25, 0.3) is 0 Å². The second kappa shape index (κ2) is 8.78. The molecule has 1 aromatic heterocycles. The Bertz CT molecular complexity index is 470. The van der Waals surface area contributed by atoms with Crippen LogP contribution >= 0.6 is 11.3 Å². The number of carbonyl (C=O) groups is 2. The number of carbonyl (C=O) groups excluding carboxylic acids is 2. The van der Waals surface area contributed by atoms with E-state index in [9.17, 15) is 9.59 Å². The Labute approximate surface area is 135 Å². The van der Waals surface area contributed by atoms with Gasteiger partial charge in [0.15, 0.2) is 0 Å². The molecule has 0 spiro atoms. The average Bonchev–Trinajstić information content (AvgIpc) is 2.99. The summed E-state index contributed by atoms with van der Waals surface area (Å²) < 4.78 is 0. The number of thiophene rings is 1. The Morgan fingerprint density at radius 1 is 1.32 bits per heavy atom. The molecule has 1 aliphatic rings. The van der Waals surface area contributed by atoms with Crippen molar-refractivity contribution >= 4 is 23.3 Å². The lowest BCUT2D eigenvalue weighted by molar-refractivity contribution is -0.121. The van der Waals surface area contributed by atoms with Gasteiger partial charge in [0.25, 0.3) is 0 Å². The molecule has 122 valence electrons. The summed E-state index contributed by atoms with van der Waals surface area (Å²) in [6.07, 6.45) is 6.52. The Kier molecular flexibility index (Phi) is 6.71. The Balaban J connectivity index is 1.61. The van der Waals surface area contributed by atoms with Gasteiger partial charge >= 0.3 is 6.03 Å². The average molecular weight is 323 g/mol. The lowest BCUT2D eigenvalue weighted by Crippen LogP contribution is -2.47. The van der Waals surface area contributed by atoms with Gasteiger partial charge in [-0.15, -0.1) is 0 Å². The largest absolute Gasteiger partial charge is 0.352 e. The van der Waals surface area contributed by atoms with Crippen LogP contribution in [0.1, 0.15) is 44.6 Å². The fraction of sp³-hybridized carbons (Fsp3) is 0.625. The minimum absolute atomic E-state index is 0.0352. The summed E-state index contributed by atoms with van der Waals surface area (Å²) in [5.74, 6) is -0.104. The molecule has 3 amide bonds. The second-order valence-corrected chi connectivity index (χ2v) is 6.75. The molecule has 0 bridgehead atoms. The zero-order valence-corrected chi connectivity index (χ0v) is 13.9. The maximum Gasteiger partial charge on any atom is 0.315 e. The number of hydrogen-bond acceptors (Lipinski definition) is 3. The van der Waals surface area contributed by atoms with E-state index in [1.165, 1.54) is 24.8 Å². The van der Waals surface area contributed by atoms with Crippen LogP contribution < -0.4 is 16.0 Å². The van der Waals surface area contributed by atoms with Crippen LogP contribution in [0, 0.1) is 0 Å². The lowest BCUT2D eigenvalue weighted by Gasteiger charge is -2.23. The highest BCUT2D eigenvalue weighted by molar-refractivity contribution is 7.07. The maximum absolute atomic E-state index is 11.8. The third-order valence-corrected chi connectivity index (χ3v) is 4.61. The summed E-state index contributed by atoms with van der Waals surface area (Å²) in [5, 5.41) is 12.6. The van der Waals surface area contributed by atoms with Crippen LogP contribution in [-0.4, -0.2) is 30.6 Å². The van der Waals surface area contributed by atoms with Crippen LogP contribution in [-0.2, 0) is 11.2 Å². The van der Waals surface area contributed by atoms with Crippen molar-refractivity contribution in [2.45, 2.75) is 57.5 Å². The third-order valence-electron chi connectivity index (χ3n) is 3.88. The van der Waals surface area contributed by atoms with Gasteiger partial charge < -0.3 is 16.0 Å². The third kappa shape index (κ3) is 6.05. The summed E-state index contributed by atoms with van der Waals surface area (Å²) in [6, 6.07) is 2.08. The number of rotatable bonds is 6. The van der Waals surface area contributed by atoms with Gasteiger partial charge in [-0.2, -0.15) is 11.3 Å². The first-order valence-electron chi connectivity index (χ1n) is 7.98. The highest BCUT2D eigenvalue weighted by Crippen LogP contribution is 2.17. The van der Waals surface area contributed by atoms with Crippen LogP contribution in [0.15, 0.2) is 16.8 Å². The van der Waals surface area contributed by atoms with Gasteiger partial charge in [0, 0.05) is 12.1 Å². The Morgan fingerprint density at radius 3 is 2.77 bits per heavy atom. The molecule has 2 rings (SSSR count). The van der Waals surface area contributed by atoms with Gasteiger partial charge in [-0.25, -0.2) is 4.79 Å². The zero-order chi connectivity index (χ0) is 15.8. The van der Waals surface area contributed by atoms with Gasteiger partial charge in [0.2, 0.25) is 5.91 Å². The first kappa shape index (κ1) is 16.8. The van der Waals surface area contributed by atoms with Crippen molar-refractivity contribution in [3.8, 4) is 0 Å². The SMILES string of the molecule is C[C@@H](Cc1ccsc1)NC(=O)NCC(=O)NC1CCCCC1. The molecule has 0 aromatic carbocycles. The predicted molar refractivity (Wildman–Crippen MR) is 89.0 cm³/mol. The summed E-state index contributed by atoms with van der Waals surface area (Å²) in [5.41, 5.74) is 1.22. The molecule has 1 aliphatic carbocycles. The van der Waals surface area contributed by atoms with Crippen molar-refractivity contribution in [2.24, 2.45) is 0 Å². The molecule has 0 saturated heterocycles. The molecule has 0 aliphatic heterocycles. The summed E-state index contributed by atoms with van der Waals surface area (Å²) in [4.78, 5) is 23.6. The minimum Gasteiger partial charge on any atom is -0.352 e. The fourth-order valence-electron chi connectivity index (χ4n) is 2.77. The molecular weight excluding hydrogens is 298 g/mol. The van der Waals surface area contributed by atoms with E-state index < -0.39 is 0 Å². The lowest BCUT2D eigenvalue weighted by atomic mass is 9.95. The van der Waals surface area contributed by atoms with Crippen LogP contribution in [0.5, 0.6) is 0 Å². The van der Waals surface area contributed by atoms with Crippen molar-refractivity contribution in [1.29, 1.82) is 0 Å². The highest BCUT2D eigenvalue weighted by Gasteiger charge is 2.16. The van der Waals surface area contributed by atoms with Crippen LogP contribution in [0.4, 0.5) is 4.79 Å². The van der Waals surface area contributed by atoms with Crippen molar-refractivity contribution in [1.82, 2.24) is 16.0 Å². The number of urea groups is 1. The van der Waals surface area contributed by atoms with E-state index in [2.05, 4.69) is 27.4 Å². The van der Waals surface area contributed by atoms with Crippen molar-refractivity contribution in [3.05, 3.63) is 22.4 Å². The molecule has 5 nitrogen and oxygen atoms in total. The quantitative estimate of drug-likeness (QED) is 0.752. The van der Waals surface area contributed by atoms with Gasteiger partial charge in [-0.05, 0) is 48.6 Å². The van der Waals surface area contributed by atoms with Gasteiger partial charge in [0.05, 0.1) is 6.54 Å². The fourth-order valence-corrected chi connectivity index (χ4v) is 3.46. The van der Waals surface area contributed by atoms with Crippen molar-refractivity contribution in [3.63, 3.8) is 0 Å². The normalized spacial score (nSPS) is 16.8. The van der Waals surface area contributed by atoms with E-state index in [4.69, 9.17) is 0 Å². The van der Waals surface area contributed by atoms with Gasteiger partial charge in [-0.3, -0.25) is 4.79 Å². The number of hydrogen-bond donors (Lipinski definition) is 3. The van der Waals surface area contributed by atoms with Crippen LogP contribution in [0.3, 0.4) is 0 Å². The van der Waals surface area contributed by atoms with Crippen molar-refractivity contribution < 1.29 is 9.59 Å². The molecular formula is C16H25N3O2S. The molecule has 1 aromatic rings. The van der Waals surface area contributed by atoms with E-state index in [0.717, 1.165) is 19.3 Å². The van der Waals surface area contributed by atoms with Crippen LogP contribution in [0.2, 0.25) is 0 Å². The second-order valence-electron chi connectivity index (χ2n) is 5.97. The summed E-state index contributed by atoms with van der Waals surface area (Å²) in [7, 11) is 0. The standard InChI is InChI=1S/C16H25N3O2S/c1-12(9-13-7-8-22-11-13)18-16(21)17-10-15(20)19-14-5-3-2-4-6-14/h7-8,11-12,14H,2-6,9-10H2,1H3,(H,19,20)(H2,17,18,21)/t12-/m0/s1. The number of nitrogens with one attached hydrogen (secondary N) is 3. The van der Waals surface area contributed by atoms with Gasteiger partial charge in [0.1, 0.15) is 0 Å². The summed E-state index contributed by atoms with van der Waals surface area (Å²) >= 11 is 1.65. The molecule has 1 atom stereocenters. The van der Waals surface area contributed by atoms with E-state index in [1.807, 2.05) is 12.3 Å². The first-order valence-corrected chi connectivity index (χ1v) is 8.92. The van der Waals surface area contributed by atoms with E-state index in [0.29, 0.717) is 0 Å². The predicted octanol–water partition coefficient (Wildman–Crippen LogP) is 2.43.